The van der Waals surface area contributed by atoms with E-state index >= 15 is 0 Å². The minimum atomic E-state index is -0.697. The smallest absolute Gasteiger partial charge is 0.370 e. The van der Waals surface area contributed by atoms with Crippen molar-refractivity contribution in [1.29, 1.82) is 0 Å². The van der Waals surface area contributed by atoms with Gasteiger partial charge in [-0.2, -0.15) is 5.10 Å². The average molecular weight is 319 g/mol. The van der Waals surface area contributed by atoms with Crippen LogP contribution in [0, 0.1) is 0 Å². The number of halogens is 1. The van der Waals surface area contributed by atoms with E-state index in [1.807, 2.05) is 48.5 Å². The van der Waals surface area contributed by atoms with E-state index in [0.29, 0.717) is 12.3 Å². The van der Waals surface area contributed by atoms with E-state index in [9.17, 15) is 4.79 Å². The number of carbonyl (C=O) groups is 1. The van der Waals surface area contributed by atoms with E-state index in [2.05, 4.69) is 15.3 Å². The van der Waals surface area contributed by atoms with E-state index in [0.717, 1.165) is 11.3 Å². The molecule has 1 N–H and O–H groups in total. The molecule has 0 radical (unpaired) electrons. The third-order valence-electron chi connectivity index (χ3n) is 2.71. The fraction of sp³-hybridized carbons (Fsp3) is 0.125. The fourth-order valence-corrected chi connectivity index (χ4v) is 1.78. The summed E-state index contributed by atoms with van der Waals surface area (Å²) in [6.07, 6.45) is 0. The Hall–Kier alpha value is -2.53. The van der Waals surface area contributed by atoms with Crippen molar-refractivity contribution in [3.8, 4) is 5.75 Å². The van der Waals surface area contributed by atoms with Crippen LogP contribution in [0.2, 0.25) is 0 Å². The number of ether oxygens (including phenoxy) is 2. The van der Waals surface area contributed by atoms with E-state index in [-0.39, 0.29) is 5.17 Å². The third kappa shape index (κ3) is 4.79. The van der Waals surface area contributed by atoms with Gasteiger partial charge in [-0.3, -0.25) is 5.43 Å². The van der Waals surface area contributed by atoms with Crippen LogP contribution in [-0.4, -0.2) is 18.2 Å². The summed E-state index contributed by atoms with van der Waals surface area (Å²) in [5.41, 5.74) is 4.35. The summed E-state index contributed by atoms with van der Waals surface area (Å²) in [4.78, 5) is 11.1. The lowest BCUT2D eigenvalue weighted by molar-refractivity contribution is -0.132. The Morgan fingerprint density at radius 3 is 2.68 bits per heavy atom. The molecule has 2 aromatic rings. The molecule has 5 nitrogen and oxygen atoms in total. The molecule has 0 aliphatic rings. The van der Waals surface area contributed by atoms with Crippen molar-refractivity contribution in [2.45, 2.75) is 6.61 Å². The molecular formula is C16H15ClN2O3. The van der Waals surface area contributed by atoms with Gasteiger partial charge in [0.15, 0.2) is 0 Å². The highest BCUT2D eigenvalue weighted by Crippen LogP contribution is 2.15. The van der Waals surface area contributed by atoms with Crippen LogP contribution in [-0.2, 0) is 16.1 Å². The van der Waals surface area contributed by atoms with Crippen LogP contribution >= 0.6 is 11.6 Å². The maximum atomic E-state index is 11.1. The van der Waals surface area contributed by atoms with Crippen LogP contribution in [0.5, 0.6) is 5.75 Å². The van der Waals surface area contributed by atoms with Crippen LogP contribution in [0.15, 0.2) is 59.7 Å². The predicted molar refractivity (Wildman–Crippen MR) is 86.1 cm³/mol. The monoisotopic (exact) mass is 318 g/mol. The number of methoxy groups -OCH3 is 1. The lowest BCUT2D eigenvalue weighted by Crippen LogP contribution is -2.11. The minimum Gasteiger partial charge on any atom is -0.489 e. The first-order valence-electron chi connectivity index (χ1n) is 6.53. The molecule has 0 saturated carbocycles. The summed E-state index contributed by atoms with van der Waals surface area (Å²) in [5, 5.41) is 3.47. The zero-order valence-corrected chi connectivity index (χ0v) is 12.7. The Bertz CT molecular complexity index is 659. The van der Waals surface area contributed by atoms with Gasteiger partial charge in [-0.05, 0) is 29.8 Å². The normalized spacial score (nSPS) is 10.9. The zero-order chi connectivity index (χ0) is 15.8. The average Bonchev–Trinajstić information content (AvgIpc) is 2.58. The van der Waals surface area contributed by atoms with Gasteiger partial charge >= 0.3 is 5.97 Å². The van der Waals surface area contributed by atoms with Gasteiger partial charge in [0.2, 0.25) is 5.17 Å². The largest absolute Gasteiger partial charge is 0.489 e. The van der Waals surface area contributed by atoms with Crippen LogP contribution in [0.1, 0.15) is 5.56 Å². The summed E-state index contributed by atoms with van der Waals surface area (Å²) in [5.74, 6) is 0.102. The Kier molecular flexibility index (Phi) is 5.80. The quantitative estimate of drug-likeness (QED) is 0.504. The summed E-state index contributed by atoms with van der Waals surface area (Å²) in [7, 11) is 1.24. The Balaban J connectivity index is 1.96. The number of benzene rings is 2. The van der Waals surface area contributed by atoms with Gasteiger partial charge in [0.1, 0.15) is 12.4 Å². The van der Waals surface area contributed by atoms with Crippen molar-refractivity contribution in [2.24, 2.45) is 5.10 Å². The van der Waals surface area contributed by atoms with Crippen molar-refractivity contribution in [3.05, 3.63) is 60.2 Å². The molecule has 0 saturated heterocycles. The number of para-hydroxylation sites is 1. The van der Waals surface area contributed by atoms with Crippen molar-refractivity contribution in [2.75, 3.05) is 12.5 Å². The summed E-state index contributed by atoms with van der Waals surface area (Å²) >= 11 is 5.65. The van der Waals surface area contributed by atoms with Gasteiger partial charge in [0.25, 0.3) is 0 Å². The van der Waals surface area contributed by atoms with Gasteiger partial charge in [-0.1, -0.05) is 41.9 Å². The number of hydrazone groups is 1. The highest BCUT2D eigenvalue weighted by atomic mass is 35.5. The summed E-state index contributed by atoms with van der Waals surface area (Å²) in [6.45, 7) is 0.425. The van der Waals surface area contributed by atoms with Crippen molar-refractivity contribution in [1.82, 2.24) is 0 Å². The number of hydrogen-bond donors (Lipinski definition) is 1. The Morgan fingerprint density at radius 2 is 1.95 bits per heavy atom. The number of nitrogens with one attached hydrogen (secondary N) is 1. The Morgan fingerprint density at radius 1 is 1.18 bits per heavy atom. The Labute approximate surface area is 133 Å². The number of rotatable bonds is 6. The van der Waals surface area contributed by atoms with E-state index < -0.39 is 5.97 Å². The molecule has 0 spiro atoms. The molecule has 0 unspecified atom stereocenters. The zero-order valence-electron chi connectivity index (χ0n) is 12.0. The maximum Gasteiger partial charge on any atom is 0.370 e. The second-order valence-corrected chi connectivity index (χ2v) is 4.67. The molecule has 0 atom stereocenters. The van der Waals surface area contributed by atoms with Crippen LogP contribution in [0.4, 0.5) is 5.69 Å². The third-order valence-corrected chi connectivity index (χ3v) is 2.95. The van der Waals surface area contributed by atoms with Gasteiger partial charge in [0.05, 0.1) is 12.8 Å². The van der Waals surface area contributed by atoms with Crippen LogP contribution in [0.3, 0.4) is 0 Å². The minimum absolute atomic E-state index is 0.270. The molecule has 0 heterocycles. The van der Waals surface area contributed by atoms with Gasteiger partial charge in [0, 0.05) is 0 Å². The number of hydrogen-bond acceptors (Lipinski definition) is 5. The van der Waals surface area contributed by atoms with Crippen LogP contribution < -0.4 is 10.2 Å². The molecule has 0 fully saturated rings. The van der Waals surface area contributed by atoms with Crippen molar-refractivity contribution < 1.29 is 14.3 Å². The van der Waals surface area contributed by atoms with Gasteiger partial charge in [-0.25, -0.2) is 4.79 Å². The molecule has 0 aromatic heterocycles. The summed E-state index contributed by atoms with van der Waals surface area (Å²) < 4.78 is 10.1. The lowest BCUT2D eigenvalue weighted by atomic mass is 10.2. The molecular weight excluding hydrogens is 304 g/mol. The van der Waals surface area contributed by atoms with Crippen LogP contribution in [0.25, 0.3) is 0 Å². The van der Waals surface area contributed by atoms with Crippen molar-refractivity contribution >= 4 is 28.4 Å². The van der Waals surface area contributed by atoms with Gasteiger partial charge < -0.3 is 9.47 Å². The van der Waals surface area contributed by atoms with Crippen molar-refractivity contribution in [3.63, 3.8) is 0 Å². The number of nitrogens with zero attached hydrogens (tertiary/aromatic N) is 1. The molecule has 6 heteroatoms. The predicted octanol–water partition coefficient (Wildman–Crippen LogP) is 3.40. The SMILES string of the molecule is COC(=O)C(Cl)=NNc1cccc(COc2ccccc2)c1. The van der Waals surface area contributed by atoms with E-state index in [1.165, 1.54) is 7.11 Å². The molecule has 0 bridgehead atoms. The molecule has 0 aliphatic carbocycles. The first kappa shape index (κ1) is 15.9. The highest BCUT2D eigenvalue weighted by Gasteiger charge is 2.07. The topological polar surface area (TPSA) is 59.9 Å². The number of anilines is 1. The second-order valence-electron chi connectivity index (χ2n) is 4.31. The lowest BCUT2D eigenvalue weighted by Gasteiger charge is -2.07. The van der Waals surface area contributed by atoms with E-state index in [4.69, 9.17) is 16.3 Å². The molecule has 2 aromatic carbocycles. The molecule has 0 aliphatic heterocycles. The van der Waals surface area contributed by atoms with E-state index in [1.54, 1.807) is 6.07 Å². The standard InChI is InChI=1S/C16H15ClN2O3/c1-21-16(20)15(17)19-18-13-7-5-6-12(10-13)11-22-14-8-3-2-4-9-14/h2-10,18H,11H2,1H3. The first-order chi connectivity index (χ1) is 10.7. The van der Waals surface area contributed by atoms with Gasteiger partial charge in [-0.15, -0.1) is 0 Å². The number of esters is 1. The molecule has 2 rings (SSSR count). The number of carbonyl (C=O) groups excluding carboxylic acids is 1. The molecule has 114 valence electrons. The second kappa shape index (κ2) is 8.05. The summed E-state index contributed by atoms with van der Waals surface area (Å²) in [6, 6.07) is 17.0. The maximum absolute atomic E-state index is 11.1. The first-order valence-corrected chi connectivity index (χ1v) is 6.91. The molecule has 0 amide bonds. The fourth-order valence-electron chi connectivity index (χ4n) is 1.66. The molecule has 22 heavy (non-hydrogen) atoms. The highest BCUT2D eigenvalue weighted by molar-refractivity contribution is 6.82.